The highest BCUT2D eigenvalue weighted by molar-refractivity contribution is 5.97. The third kappa shape index (κ3) is 2.34. The first kappa shape index (κ1) is 11.7. The normalized spacial score (nSPS) is 19.6. The van der Waals surface area contributed by atoms with Crippen LogP contribution in [0.5, 0.6) is 11.5 Å². The number of likely N-dealkylation sites (tertiary alicyclic amines) is 1. The van der Waals surface area contributed by atoms with Gasteiger partial charge < -0.3 is 20.4 Å². The molecular formula is C12H16N2O3. The first-order valence-electron chi connectivity index (χ1n) is 5.60. The molecule has 5 heteroatoms. The molecule has 1 unspecified atom stereocenters. The minimum absolute atomic E-state index is 0.0180. The van der Waals surface area contributed by atoms with E-state index < -0.39 is 0 Å². The molecular weight excluding hydrogens is 220 g/mol. The van der Waals surface area contributed by atoms with E-state index >= 15 is 0 Å². The first-order valence-corrected chi connectivity index (χ1v) is 5.60. The Bertz CT molecular complexity index is 434. The summed E-state index contributed by atoms with van der Waals surface area (Å²) in [6.45, 7) is 1.30. The zero-order valence-electron chi connectivity index (χ0n) is 9.68. The van der Waals surface area contributed by atoms with Crippen LogP contribution in [0.4, 0.5) is 0 Å². The molecule has 1 aromatic carbocycles. The highest BCUT2D eigenvalue weighted by Crippen LogP contribution is 2.24. The summed E-state index contributed by atoms with van der Waals surface area (Å²) in [4.78, 5) is 13.8. The fraction of sp³-hybridized carbons (Fsp3) is 0.417. The molecule has 1 aromatic rings. The second-order valence-corrected chi connectivity index (χ2v) is 4.23. The van der Waals surface area contributed by atoms with Crippen LogP contribution in [0.1, 0.15) is 16.8 Å². The minimum atomic E-state index is -0.240. The maximum Gasteiger partial charge on any atom is 0.257 e. The molecule has 1 aliphatic heterocycles. The number of aromatic hydroxyl groups is 2. The van der Waals surface area contributed by atoms with Gasteiger partial charge in [-0.25, -0.2) is 0 Å². The van der Waals surface area contributed by atoms with Gasteiger partial charge in [0.15, 0.2) is 0 Å². The number of hydrogen-bond donors (Lipinski definition) is 3. The van der Waals surface area contributed by atoms with Gasteiger partial charge in [-0.2, -0.15) is 0 Å². The third-order valence-electron chi connectivity index (χ3n) is 3.09. The number of carbonyl (C=O) groups is 1. The van der Waals surface area contributed by atoms with Crippen molar-refractivity contribution in [3.63, 3.8) is 0 Å². The van der Waals surface area contributed by atoms with Crippen molar-refractivity contribution in [3.05, 3.63) is 23.8 Å². The van der Waals surface area contributed by atoms with Gasteiger partial charge in [0.2, 0.25) is 0 Å². The number of carbonyl (C=O) groups excluding carboxylic acids is 1. The lowest BCUT2D eigenvalue weighted by molar-refractivity contribution is 0.0786. The summed E-state index contributed by atoms with van der Waals surface area (Å²) in [5.41, 5.74) is 0.154. The van der Waals surface area contributed by atoms with E-state index in [-0.39, 0.29) is 23.0 Å². The van der Waals surface area contributed by atoms with Crippen LogP contribution in [0.15, 0.2) is 18.2 Å². The van der Waals surface area contributed by atoms with Crippen LogP contribution < -0.4 is 5.32 Å². The van der Waals surface area contributed by atoms with Crippen LogP contribution in [0.25, 0.3) is 0 Å². The molecule has 0 aliphatic carbocycles. The van der Waals surface area contributed by atoms with E-state index in [0.29, 0.717) is 19.1 Å². The SMILES string of the molecule is CNC1CCN(C(=O)c2cc(O)ccc2O)C1. The number of rotatable bonds is 2. The van der Waals surface area contributed by atoms with Crippen molar-refractivity contribution in [3.8, 4) is 11.5 Å². The molecule has 1 atom stereocenters. The topological polar surface area (TPSA) is 72.8 Å². The summed E-state index contributed by atoms with van der Waals surface area (Å²) in [5, 5.41) is 22.1. The van der Waals surface area contributed by atoms with Crippen molar-refractivity contribution < 1.29 is 15.0 Å². The molecule has 0 saturated carbocycles. The van der Waals surface area contributed by atoms with Gasteiger partial charge in [0.1, 0.15) is 11.5 Å². The number of likely N-dealkylation sites (N-methyl/N-ethyl adjacent to an activating group) is 1. The van der Waals surface area contributed by atoms with Gasteiger partial charge in [-0.15, -0.1) is 0 Å². The molecule has 1 amide bonds. The zero-order chi connectivity index (χ0) is 12.4. The summed E-state index contributed by atoms with van der Waals surface area (Å²) >= 11 is 0. The maximum absolute atomic E-state index is 12.1. The Hall–Kier alpha value is -1.75. The van der Waals surface area contributed by atoms with Crippen LogP contribution in [-0.4, -0.2) is 47.2 Å². The molecule has 3 N–H and O–H groups in total. The van der Waals surface area contributed by atoms with E-state index in [1.54, 1.807) is 4.90 Å². The van der Waals surface area contributed by atoms with Crippen LogP contribution in [-0.2, 0) is 0 Å². The van der Waals surface area contributed by atoms with Crippen LogP contribution in [0.3, 0.4) is 0 Å². The predicted molar refractivity (Wildman–Crippen MR) is 63.1 cm³/mol. The number of nitrogens with one attached hydrogen (secondary N) is 1. The number of phenolic OH excluding ortho intramolecular Hbond substituents is 2. The van der Waals surface area contributed by atoms with E-state index in [2.05, 4.69) is 5.32 Å². The monoisotopic (exact) mass is 236 g/mol. The van der Waals surface area contributed by atoms with E-state index in [9.17, 15) is 15.0 Å². The van der Waals surface area contributed by atoms with Crippen LogP contribution >= 0.6 is 0 Å². The Morgan fingerprint density at radius 1 is 1.47 bits per heavy atom. The minimum Gasteiger partial charge on any atom is -0.508 e. The van der Waals surface area contributed by atoms with Gasteiger partial charge in [0.05, 0.1) is 5.56 Å². The smallest absolute Gasteiger partial charge is 0.257 e. The van der Waals surface area contributed by atoms with Gasteiger partial charge in [0, 0.05) is 19.1 Å². The lowest BCUT2D eigenvalue weighted by Gasteiger charge is -2.17. The van der Waals surface area contributed by atoms with Crippen molar-refractivity contribution in [2.24, 2.45) is 0 Å². The lowest BCUT2D eigenvalue weighted by Crippen LogP contribution is -2.33. The summed E-state index contributed by atoms with van der Waals surface area (Å²) in [5.74, 6) is -0.354. The third-order valence-corrected chi connectivity index (χ3v) is 3.09. The fourth-order valence-corrected chi connectivity index (χ4v) is 2.05. The highest BCUT2D eigenvalue weighted by Gasteiger charge is 2.27. The van der Waals surface area contributed by atoms with E-state index in [1.807, 2.05) is 7.05 Å². The standard InChI is InChI=1S/C12H16N2O3/c1-13-8-4-5-14(7-8)12(17)10-6-9(15)2-3-11(10)16/h2-3,6,8,13,15-16H,4-5,7H2,1H3. The van der Waals surface area contributed by atoms with Gasteiger partial charge in [-0.05, 0) is 31.7 Å². The lowest BCUT2D eigenvalue weighted by atomic mass is 10.1. The predicted octanol–water partition coefficient (Wildman–Crippen LogP) is 0.532. The van der Waals surface area contributed by atoms with E-state index in [0.717, 1.165) is 6.42 Å². The molecule has 1 fully saturated rings. The van der Waals surface area contributed by atoms with Crippen molar-refractivity contribution in [1.29, 1.82) is 0 Å². The Morgan fingerprint density at radius 2 is 2.24 bits per heavy atom. The number of amides is 1. The van der Waals surface area contributed by atoms with Crippen molar-refractivity contribution >= 4 is 5.91 Å². The molecule has 1 heterocycles. The molecule has 0 aromatic heterocycles. The van der Waals surface area contributed by atoms with Gasteiger partial charge in [-0.3, -0.25) is 4.79 Å². The van der Waals surface area contributed by atoms with Gasteiger partial charge in [-0.1, -0.05) is 0 Å². The average molecular weight is 236 g/mol. The van der Waals surface area contributed by atoms with E-state index in [1.165, 1.54) is 18.2 Å². The Balaban J connectivity index is 2.17. The highest BCUT2D eigenvalue weighted by atomic mass is 16.3. The Labute approximate surface area is 99.7 Å². The number of benzene rings is 1. The van der Waals surface area contributed by atoms with Crippen LogP contribution in [0.2, 0.25) is 0 Å². The molecule has 0 spiro atoms. The zero-order valence-corrected chi connectivity index (χ0v) is 9.68. The molecule has 1 aliphatic rings. The van der Waals surface area contributed by atoms with Gasteiger partial charge >= 0.3 is 0 Å². The molecule has 0 bridgehead atoms. The fourth-order valence-electron chi connectivity index (χ4n) is 2.05. The largest absolute Gasteiger partial charge is 0.508 e. The van der Waals surface area contributed by atoms with Crippen molar-refractivity contribution in [2.45, 2.75) is 12.5 Å². The average Bonchev–Trinajstić information content (AvgIpc) is 2.80. The quantitative estimate of drug-likeness (QED) is 0.655. The summed E-state index contributed by atoms with van der Waals surface area (Å²) in [6.07, 6.45) is 0.905. The maximum atomic E-state index is 12.1. The number of phenols is 2. The van der Waals surface area contributed by atoms with E-state index in [4.69, 9.17) is 0 Å². The molecule has 1 saturated heterocycles. The molecule has 2 rings (SSSR count). The first-order chi connectivity index (χ1) is 8.11. The second-order valence-electron chi connectivity index (χ2n) is 4.23. The number of nitrogens with zero attached hydrogens (tertiary/aromatic N) is 1. The molecule has 5 nitrogen and oxygen atoms in total. The summed E-state index contributed by atoms with van der Waals surface area (Å²) < 4.78 is 0. The van der Waals surface area contributed by atoms with Crippen molar-refractivity contribution in [1.82, 2.24) is 10.2 Å². The van der Waals surface area contributed by atoms with Crippen molar-refractivity contribution in [2.75, 3.05) is 20.1 Å². The summed E-state index contributed by atoms with van der Waals surface area (Å²) in [6, 6.07) is 4.28. The number of hydrogen-bond acceptors (Lipinski definition) is 4. The molecule has 92 valence electrons. The van der Waals surface area contributed by atoms with Crippen LogP contribution in [0, 0.1) is 0 Å². The summed E-state index contributed by atoms with van der Waals surface area (Å²) in [7, 11) is 1.87. The Morgan fingerprint density at radius 3 is 2.88 bits per heavy atom. The van der Waals surface area contributed by atoms with Gasteiger partial charge in [0.25, 0.3) is 5.91 Å². The molecule has 17 heavy (non-hydrogen) atoms. The Kier molecular flexibility index (Phi) is 3.19. The molecule has 0 radical (unpaired) electrons. The second kappa shape index (κ2) is 4.63.